The van der Waals surface area contributed by atoms with Crippen LogP contribution in [0, 0.1) is 0 Å². The van der Waals surface area contributed by atoms with Crippen LogP contribution in [0.25, 0.3) is 0 Å². The second-order valence-electron chi connectivity index (χ2n) is 2.76. The molecule has 0 bridgehead atoms. The van der Waals surface area contributed by atoms with Gasteiger partial charge in [0.05, 0.1) is 13.3 Å². The van der Waals surface area contributed by atoms with Gasteiger partial charge in [-0.25, -0.2) is 0 Å². The van der Waals surface area contributed by atoms with Crippen LogP contribution < -0.4 is 10.5 Å². The summed E-state index contributed by atoms with van der Waals surface area (Å²) in [6.45, 7) is 0.297. The van der Waals surface area contributed by atoms with Gasteiger partial charge >= 0.3 is 0 Å². The highest BCUT2D eigenvalue weighted by molar-refractivity contribution is 5.20. The Bertz CT molecular complexity index is 240. The molecule has 0 radical (unpaired) electrons. The first-order valence-corrected chi connectivity index (χ1v) is 4.47. The maximum absolute atomic E-state index is 8.87. The molecule has 1 aromatic rings. The zero-order valence-corrected chi connectivity index (χ0v) is 7.93. The van der Waals surface area contributed by atoms with Crippen molar-refractivity contribution < 1.29 is 14.6 Å². The van der Waals surface area contributed by atoms with Crippen LogP contribution in [0.15, 0.2) is 30.3 Å². The zero-order valence-electron chi connectivity index (χ0n) is 7.93. The summed E-state index contributed by atoms with van der Waals surface area (Å²) in [5, 5.41) is 8.87. The molecule has 0 saturated carbocycles. The minimum atomic E-state index is -0.361. The number of para-hydroxylation sites is 1. The minimum Gasteiger partial charge on any atom is -0.491 e. The molecule has 14 heavy (non-hydrogen) atoms. The van der Waals surface area contributed by atoms with Crippen LogP contribution in [0.1, 0.15) is 0 Å². The summed E-state index contributed by atoms with van der Waals surface area (Å²) in [6, 6.07) is 9.36. The van der Waals surface area contributed by atoms with Crippen molar-refractivity contribution in [3.8, 4) is 5.75 Å². The van der Waals surface area contributed by atoms with Crippen LogP contribution in [0.5, 0.6) is 5.75 Å². The number of aliphatic hydroxyl groups excluding tert-OH is 1. The Kier molecular flexibility index (Phi) is 4.99. The molecule has 4 heteroatoms. The van der Waals surface area contributed by atoms with Gasteiger partial charge in [-0.1, -0.05) is 18.2 Å². The summed E-state index contributed by atoms with van der Waals surface area (Å²) in [6.07, 6.45) is -0.361. The molecular formula is C10H15NO3. The van der Waals surface area contributed by atoms with Gasteiger partial charge in [0.15, 0.2) is 0 Å². The van der Waals surface area contributed by atoms with Crippen molar-refractivity contribution in [2.24, 2.45) is 5.73 Å². The van der Waals surface area contributed by atoms with Gasteiger partial charge in [0, 0.05) is 0 Å². The van der Waals surface area contributed by atoms with Crippen molar-refractivity contribution in [3.05, 3.63) is 30.3 Å². The summed E-state index contributed by atoms with van der Waals surface area (Å²) in [5.41, 5.74) is 5.19. The summed E-state index contributed by atoms with van der Waals surface area (Å²) < 4.78 is 10.4. The first-order valence-electron chi connectivity index (χ1n) is 4.47. The zero-order chi connectivity index (χ0) is 10.2. The second kappa shape index (κ2) is 6.37. The number of nitrogens with two attached hydrogens (primary N) is 1. The fourth-order valence-electron chi connectivity index (χ4n) is 0.995. The molecular weight excluding hydrogens is 182 g/mol. The third kappa shape index (κ3) is 3.74. The number of hydrogen-bond acceptors (Lipinski definition) is 4. The van der Waals surface area contributed by atoms with Gasteiger partial charge < -0.3 is 20.3 Å². The Morgan fingerprint density at radius 1 is 1.29 bits per heavy atom. The molecule has 0 aliphatic carbocycles. The molecule has 1 rings (SSSR count). The fourth-order valence-corrected chi connectivity index (χ4v) is 0.995. The molecule has 3 N–H and O–H groups in total. The van der Waals surface area contributed by atoms with Crippen LogP contribution in [0.4, 0.5) is 0 Å². The highest BCUT2D eigenvalue weighted by Gasteiger charge is 2.07. The Balaban J connectivity index is 2.32. The van der Waals surface area contributed by atoms with E-state index in [2.05, 4.69) is 0 Å². The average Bonchev–Trinajstić information content (AvgIpc) is 2.25. The monoisotopic (exact) mass is 197 g/mol. The normalized spacial score (nSPS) is 12.4. The van der Waals surface area contributed by atoms with Crippen LogP contribution in [-0.4, -0.2) is 31.2 Å². The SMILES string of the molecule is NCOC(CO)COc1ccccc1. The molecule has 0 amide bonds. The van der Waals surface area contributed by atoms with Gasteiger partial charge in [-0.3, -0.25) is 0 Å². The number of aliphatic hydroxyl groups is 1. The van der Waals surface area contributed by atoms with Crippen molar-refractivity contribution in [1.29, 1.82) is 0 Å². The van der Waals surface area contributed by atoms with E-state index in [4.69, 9.17) is 20.3 Å². The smallest absolute Gasteiger partial charge is 0.119 e. The Morgan fingerprint density at radius 2 is 2.00 bits per heavy atom. The van der Waals surface area contributed by atoms with Gasteiger partial charge in [-0.2, -0.15) is 0 Å². The third-order valence-corrected chi connectivity index (χ3v) is 1.71. The van der Waals surface area contributed by atoms with E-state index in [0.29, 0.717) is 6.61 Å². The molecule has 4 nitrogen and oxygen atoms in total. The Hall–Kier alpha value is -1.10. The lowest BCUT2D eigenvalue weighted by Crippen LogP contribution is -2.28. The predicted molar refractivity (Wildman–Crippen MR) is 53.0 cm³/mol. The average molecular weight is 197 g/mol. The number of ether oxygens (including phenoxy) is 2. The molecule has 0 saturated heterocycles. The van der Waals surface area contributed by atoms with E-state index in [0.717, 1.165) is 5.75 Å². The molecule has 78 valence electrons. The maximum atomic E-state index is 8.87. The summed E-state index contributed by atoms with van der Waals surface area (Å²) >= 11 is 0. The van der Waals surface area contributed by atoms with Crippen LogP contribution in [0.2, 0.25) is 0 Å². The summed E-state index contributed by atoms with van der Waals surface area (Å²) in [7, 11) is 0. The van der Waals surface area contributed by atoms with E-state index >= 15 is 0 Å². The van der Waals surface area contributed by atoms with E-state index in [1.54, 1.807) is 0 Å². The molecule has 0 fully saturated rings. The number of benzene rings is 1. The summed E-state index contributed by atoms with van der Waals surface area (Å²) in [4.78, 5) is 0. The largest absolute Gasteiger partial charge is 0.491 e. The van der Waals surface area contributed by atoms with Crippen molar-refractivity contribution >= 4 is 0 Å². The Morgan fingerprint density at radius 3 is 2.57 bits per heavy atom. The molecule has 1 aromatic carbocycles. The molecule has 0 spiro atoms. The first kappa shape index (κ1) is 11.0. The van der Waals surface area contributed by atoms with E-state index in [9.17, 15) is 0 Å². The van der Waals surface area contributed by atoms with Gasteiger partial charge in [-0.05, 0) is 12.1 Å². The van der Waals surface area contributed by atoms with Crippen molar-refractivity contribution in [1.82, 2.24) is 0 Å². The van der Waals surface area contributed by atoms with E-state index in [1.807, 2.05) is 30.3 Å². The lowest BCUT2D eigenvalue weighted by molar-refractivity contribution is -0.0107. The highest BCUT2D eigenvalue weighted by atomic mass is 16.5. The van der Waals surface area contributed by atoms with Crippen LogP contribution in [0.3, 0.4) is 0 Å². The van der Waals surface area contributed by atoms with Gasteiger partial charge in [0.1, 0.15) is 18.5 Å². The second-order valence-corrected chi connectivity index (χ2v) is 2.76. The Labute approximate surface area is 83.3 Å². The fraction of sp³-hybridized carbons (Fsp3) is 0.400. The summed E-state index contributed by atoms with van der Waals surface area (Å²) in [5.74, 6) is 0.756. The van der Waals surface area contributed by atoms with E-state index in [1.165, 1.54) is 0 Å². The lowest BCUT2D eigenvalue weighted by Gasteiger charge is -2.14. The molecule has 0 heterocycles. The maximum Gasteiger partial charge on any atom is 0.119 e. The molecule has 1 atom stereocenters. The highest BCUT2D eigenvalue weighted by Crippen LogP contribution is 2.08. The molecule has 0 aliphatic heterocycles. The lowest BCUT2D eigenvalue weighted by atomic mass is 10.3. The minimum absolute atomic E-state index is 0.0867. The predicted octanol–water partition coefficient (Wildman–Crippen LogP) is 0.359. The van der Waals surface area contributed by atoms with Crippen LogP contribution >= 0.6 is 0 Å². The van der Waals surface area contributed by atoms with Crippen LogP contribution in [-0.2, 0) is 4.74 Å². The third-order valence-electron chi connectivity index (χ3n) is 1.71. The van der Waals surface area contributed by atoms with Gasteiger partial charge in [-0.15, -0.1) is 0 Å². The van der Waals surface area contributed by atoms with Crippen molar-refractivity contribution in [3.63, 3.8) is 0 Å². The van der Waals surface area contributed by atoms with Crippen molar-refractivity contribution in [2.75, 3.05) is 19.9 Å². The van der Waals surface area contributed by atoms with Crippen molar-refractivity contribution in [2.45, 2.75) is 6.10 Å². The standard InChI is InChI=1S/C10H15NO3/c11-8-14-10(6-12)7-13-9-4-2-1-3-5-9/h1-5,10,12H,6-8,11H2. The molecule has 0 aliphatic rings. The van der Waals surface area contributed by atoms with Gasteiger partial charge in [0.2, 0.25) is 0 Å². The quantitative estimate of drug-likeness (QED) is 0.646. The first-order chi connectivity index (χ1) is 6.86. The number of rotatable bonds is 6. The number of hydrogen-bond donors (Lipinski definition) is 2. The molecule has 1 unspecified atom stereocenters. The van der Waals surface area contributed by atoms with E-state index in [-0.39, 0.29) is 19.4 Å². The van der Waals surface area contributed by atoms with E-state index < -0.39 is 0 Å². The topological polar surface area (TPSA) is 64.7 Å². The van der Waals surface area contributed by atoms with Gasteiger partial charge in [0.25, 0.3) is 0 Å². The molecule has 0 aromatic heterocycles.